The van der Waals surface area contributed by atoms with Gasteiger partial charge in [0.1, 0.15) is 5.60 Å². The number of carbonyl (C=O) groups excluding carboxylic acids is 2. The molecule has 0 saturated carbocycles. The Kier molecular flexibility index (Phi) is 9.25. The highest BCUT2D eigenvalue weighted by Crippen LogP contribution is 2.20. The van der Waals surface area contributed by atoms with Crippen LogP contribution >= 0.6 is 0 Å². The largest absolute Gasteiger partial charge is 0.444 e. The van der Waals surface area contributed by atoms with Crippen molar-refractivity contribution in [1.29, 1.82) is 0 Å². The molecule has 0 fully saturated rings. The van der Waals surface area contributed by atoms with E-state index in [0.717, 1.165) is 19.3 Å². The Morgan fingerprint density at radius 2 is 1.52 bits per heavy atom. The van der Waals surface area contributed by atoms with Crippen LogP contribution in [0.3, 0.4) is 0 Å². The Bertz CT molecular complexity index is 373. The van der Waals surface area contributed by atoms with E-state index in [0.29, 0.717) is 18.3 Å². The third-order valence-electron chi connectivity index (χ3n) is 3.50. The van der Waals surface area contributed by atoms with Gasteiger partial charge in [0, 0.05) is 12.0 Å². The topological polar surface area (TPSA) is 81.4 Å². The van der Waals surface area contributed by atoms with E-state index in [4.69, 9.17) is 10.5 Å². The van der Waals surface area contributed by atoms with Crippen molar-refractivity contribution in [3.63, 3.8) is 0 Å². The van der Waals surface area contributed by atoms with Crippen molar-refractivity contribution in [2.45, 2.75) is 85.8 Å². The number of nitrogens with one attached hydrogen (secondary N) is 1. The minimum absolute atomic E-state index is 0.00105. The first-order valence-corrected chi connectivity index (χ1v) is 8.69. The van der Waals surface area contributed by atoms with Crippen LogP contribution in [0.4, 0.5) is 4.79 Å². The van der Waals surface area contributed by atoms with Crippen LogP contribution in [0.15, 0.2) is 0 Å². The second-order valence-electron chi connectivity index (χ2n) is 8.28. The zero-order valence-electron chi connectivity index (χ0n) is 15.9. The van der Waals surface area contributed by atoms with Gasteiger partial charge >= 0.3 is 6.09 Å². The molecule has 0 bridgehead atoms. The van der Waals surface area contributed by atoms with Gasteiger partial charge in [0.2, 0.25) is 5.91 Å². The van der Waals surface area contributed by atoms with Crippen LogP contribution in [-0.2, 0) is 9.53 Å². The molecule has 0 rings (SSSR count). The quantitative estimate of drug-likeness (QED) is 0.674. The normalized spacial score (nSPS) is 14.7. The first kappa shape index (κ1) is 21.7. The Hall–Kier alpha value is -1.26. The van der Waals surface area contributed by atoms with Gasteiger partial charge in [0.25, 0.3) is 0 Å². The maximum absolute atomic E-state index is 12.0. The molecule has 5 heteroatoms. The lowest BCUT2D eigenvalue weighted by atomic mass is 9.89. The summed E-state index contributed by atoms with van der Waals surface area (Å²) < 4.78 is 5.33. The molecule has 0 aliphatic rings. The molecule has 0 radical (unpaired) electrons. The molecule has 0 aliphatic carbocycles. The van der Waals surface area contributed by atoms with E-state index in [9.17, 15) is 9.59 Å². The molecule has 136 valence electrons. The molecule has 0 aromatic rings. The maximum Gasteiger partial charge on any atom is 0.407 e. The van der Waals surface area contributed by atoms with Crippen LogP contribution in [0.5, 0.6) is 0 Å². The summed E-state index contributed by atoms with van der Waals surface area (Å²) >= 11 is 0. The third kappa shape index (κ3) is 11.9. The molecular weight excluding hydrogens is 292 g/mol. The van der Waals surface area contributed by atoms with Gasteiger partial charge in [-0.3, -0.25) is 4.79 Å². The number of hydrogen-bond acceptors (Lipinski definition) is 3. The number of amides is 2. The van der Waals surface area contributed by atoms with Crippen molar-refractivity contribution in [1.82, 2.24) is 5.32 Å². The smallest absolute Gasteiger partial charge is 0.407 e. The van der Waals surface area contributed by atoms with E-state index >= 15 is 0 Å². The molecule has 0 heterocycles. The van der Waals surface area contributed by atoms with Crippen LogP contribution in [0.2, 0.25) is 0 Å². The monoisotopic (exact) mass is 328 g/mol. The Morgan fingerprint density at radius 3 is 1.91 bits per heavy atom. The van der Waals surface area contributed by atoms with Gasteiger partial charge in [0.15, 0.2) is 0 Å². The highest BCUT2D eigenvalue weighted by Gasteiger charge is 2.23. The van der Waals surface area contributed by atoms with Crippen molar-refractivity contribution in [3.05, 3.63) is 0 Å². The van der Waals surface area contributed by atoms with Gasteiger partial charge in [-0.15, -0.1) is 0 Å². The molecule has 2 amide bonds. The number of carbonyl (C=O) groups is 2. The zero-order chi connectivity index (χ0) is 18.2. The standard InChI is InChI=1S/C18H36N2O3/c1-12(2)10-14(16(19)21)8-9-15(11-13(3)4)20-17(22)23-18(5,6)7/h12-15H,8-11H2,1-7H3,(H2,19,21)(H,20,22)/t14-,15-/m1/s1. The number of rotatable bonds is 9. The van der Waals surface area contributed by atoms with Gasteiger partial charge in [-0.05, 0) is 58.3 Å². The van der Waals surface area contributed by atoms with Gasteiger partial charge < -0.3 is 15.8 Å². The number of alkyl carbamates (subject to hydrolysis) is 1. The molecule has 0 spiro atoms. The van der Waals surface area contributed by atoms with Crippen LogP contribution < -0.4 is 11.1 Å². The summed E-state index contributed by atoms with van der Waals surface area (Å²) in [7, 11) is 0. The summed E-state index contributed by atoms with van der Waals surface area (Å²) in [5, 5.41) is 2.94. The van der Waals surface area contributed by atoms with Gasteiger partial charge in [0.05, 0.1) is 0 Å². The Morgan fingerprint density at radius 1 is 1.00 bits per heavy atom. The summed E-state index contributed by atoms with van der Waals surface area (Å²) in [6.07, 6.45) is 2.67. The number of primary amides is 1. The van der Waals surface area contributed by atoms with E-state index in [2.05, 4.69) is 33.0 Å². The fraction of sp³-hybridized carbons (Fsp3) is 0.889. The predicted octanol–water partition coefficient (Wildman–Crippen LogP) is 3.85. The van der Waals surface area contributed by atoms with Crippen molar-refractivity contribution in [3.8, 4) is 0 Å². The second-order valence-corrected chi connectivity index (χ2v) is 8.28. The van der Waals surface area contributed by atoms with Crippen LogP contribution in [0, 0.1) is 17.8 Å². The van der Waals surface area contributed by atoms with Crippen molar-refractivity contribution >= 4 is 12.0 Å². The van der Waals surface area contributed by atoms with Gasteiger partial charge in [-0.2, -0.15) is 0 Å². The van der Waals surface area contributed by atoms with E-state index in [1.54, 1.807) is 0 Å². The maximum atomic E-state index is 12.0. The second kappa shape index (κ2) is 9.78. The molecule has 3 N–H and O–H groups in total. The van der Waals surface area contributed by atoms with Crippen molar-refractivity contribution in [2.24, 2.45) is 23.5 Å². The molecule has 0 aliphatic heterocycles. The molecule has 2 atom stereocenters. The number of nitrogens with two attached hydrogens (primary N) is 1. The number of ether oxygens (including phenoxy) is 1. The first-order chi connectivity index (χ1) is 10.4. The minimum Gasteiger partial charge on any atom is -0.444 e. The van der Waals surface area contributed by atoms with Crippen molar-refractivity contribution < 1.29 is 14.3 Å². The lowest BCUT2D eigenvalue weighted by Gasteiger charge is -2.26. The summed E-state index contributed by atoms with van der Waals surface area (Å²) in [6.45, 7) is 13.9. The molecule has 0 aromatic carbocycles. The molecule has 0 unspecified atom stereocenters. The first-order valence-electron chi connectivity index (χ1n) is 8.69. The van der Waals surface area contributed by atoms with Crippen LogP contribution in [-0.4, -0.2) is 23.6 Å². The van der Waals surface area contributed by atoms with E-state index in [1.165, 1.54) is 0 Å². The van der Waals surface area contributed by atoms with Crippen LogP contribution in [0.1, 0.15) is 74.1 Å². The lowest BCUT2D eigenvalue weighted by Crippen LogP contribution is -2.40. The minimum atomic E-state index is -0.514. The number of hydrogen-bond donors (Lipinski definition) is 2. The summed E-state index contributed by atoms with van der Waals surface area (Å²) in [4.78, 5) is 23.6. The Labute approximate surface area is 141 Å². The SMILES string of the molecule is CC(C)C[C@@H](CC[C@H](CC(C)C)C(N)=O)NC(=O)OC(C)(C)C. The molecule has 23 heavy (non-hydrogen) atoms. The highest BCUT2D eigenvalue weighted by atomic mass is 16.6. The molecule has 0 aromatic heterocycles. The average molecular weight is 328 g/mol. The summed E-state index contributed by atoms with van der Waals surface area (Å²) in [6, 6.07) is -0.00105. The summed E-state index contributed by atoms with van der Waals surface area (Å²) in [5.74, 6) is 0.492. The van der Waals surface area contributed by atoms with Crippen LogP contribution in [0.25, 0.3) is 0 Å². The van der Waals surface area contributed by atoms with Gasteiger partial charge in [-0.1, -0.05) is 27.7 Å². The Balaban J connectivity index is 4.65. The third-order valence-corrected chi connectivity index (χ3v) is 3.50. The molecule has 0 saturated heterocycles. The lowest BCUT2D eigenvalue weighted by molar-refractivity contribution is -0.122. The molecule has 5 nitrogen and oxygen atoms in total. The average Bonchev–Trinajstić information content (AvgIpc) is 2.29. The summed E-state index contributed by atoms with van der Waals surface area (Å²) in [5.41, 5.74) is 4.99. The fourth-order valence-corrected chi connectivity index (χ4v) is 2.64. The molecular formula is C18H36N2O3. The van der Waals surface area contributed by atoms with Gasteiger partial charge in [-0.25, -0.2) is 4.79 Å². The van der Waals surface area contributed by atoms with E-state index in [1.807, 2.05) is 20.8 Å². The fourth-order valence-electron chi connectivity index (χ4n) is 2.64. The highest BCUT2D eigenvalue weighted by molar-refractivity contribution is 5.76. The zero-order valence-corrected chi connectivity index (χ0v) is 15.9. The van der Waals surface area contributed by atoms with E-state index in [-0.39, 0.29) is 17.9 Å². The van der Waals surface area contributed by atoms with E-state index < -0.39 is 11.7 Å². The predicted molar refractivity (Wildman–Crippen MR) is 94.0 cm³/mol. The van der Waals surface area contributed by atoms with Crippen molar-refractivity contribution in [2.75, 3.05) is 0 Å².